The number of ether oxygens (including phenoxy) is 1. The van der Waals surface area contributed by atoms with Crippen LogP contribution in [0.15, 0.2) is 18.2 Å². The summed E-state index contributed by atoms with van der Waals surface area (Å²) >= 11 is 0. The van der Waals surface area contributed by atoms with Gasteiger partial charge in [-0.1, -0.05) is 13.8 Å². The van der Waals surface area contributed by atoms with E-state index in [1.807, 2.05) is 13.8 Å². The largest absolute Gasteiger partial charge is 0.461 e. The first kappa shape index (κ1) is 18.4. The van der Waals surface area contributed by atoms with Crippen LogP contribution in [0.3, 0.4) is 0 Å². The van der Waals surface area contributed by atoms with Crippen molar-refractivity contribution >= 4 is 11.8 Å². The molecule has 3 nitrogen and oxygen atoms in total. The highest BCUT2D eigenvalue weighted by Crippen LogP contribution is 2.31. The number of ketones is 1. The number of carbonyl (C=O) groups excluding carboxylic acids is 2. The van der Waals surface area contributed by atoms with Gasteiger partial charge in [0, 0.05) is 6.42 Å². The number of hydrogen-bond acceptors (Lipinski definition) is 3. The Morgan fingerprint density at radius 3 is 2.42 bits per heavy atom. The molecule has 1 heterocycles. The molecule has 0 aliphatic carbocycles. The van der Waals surface area contributed by atoms with Gasteiger partial charge >= 0.3 is 12.1 Å². The Labute approximate surface area is 137 Å². The first-order valence-corrected chi connectivity index (χ1v) is 7.68. The maximum atomic E-state index is 13.4. The van der Waals surface area contributed by atoms with Crippen LogP contribution in [0.25, 0.3) is 0 Å². The summed E-state index contributed by atoms with van der Waals surface area (Å²) in [6, 6.07) is 2.22. The van der Waals surface area contributed by atoms with Gasteiger partial charge in [0.2, 0.25) is 0 Å². The highest BCUT2D eigenvalue weighted by Gasteiger charge is 2.38. The van der Waals surface area contributed by atoms with Gasteiger partial charge in [-0.15, -0.1) is 0 Å². The molecule has 1 fully saturated rings. The van der Waals surface area contributed by atoms with Crippen LogP contribution in [0, 0.1) is 17.7 Å². The average molecular weight is 346 g/mol. The van der Waals surface area contributed by atoms with Crippen LogP contribution in [0.4, 0.5) is 17.6 Å². The number of alkyl halides is 3. The van der Waals surface area contributed by atoms with Gasteiger partial charge in [-0.25, -0.2) is 4.39 Å². The van der Waals surface area contributed by atoms with Crippen LogP contribution in [0.2, 0.25) is 0 Å². The van der Waals surface area contributed by atoms with Crippen molar-refractivity contribution in [2.24, 2.45) is 11.8 Å². The molecule has 2 unspecified atom stereocenters. The molecule has 24 heavy (non-hydrogen) atoms. The summed E-state index contributed by atoms with van der Waals surface area (Å²) in [5.41, 5.74) is -0.996. The quantitative estimate of drug-likeness (QED) is 0.471. The fourth-order valence-electron chi connectivity index (χ4n) is 2.67. The van der Waals surface area contributed by atoms with E-state index in [1.54, 1.807) is 0 Å². The summed E-state index contributed by atoms with van der Waals surface area (Å²) < 4.78 is 56.6. The Kier molecular flexibility index (Phi) is 5.30. The maximum absolute atomic E-state index is 13.4. The first-order valence-electron chi connectivity index (χ1n) is 7.68. The first-order chi connectivity index (χ1) is 11.1. The number of carbonyl (C=O) groups is 2. The minimum atomic E-state index is -4.65. The lowest BCUT2D eigenvalue weighted by atomic mass is 9.87. The molecule has 7 heteroatoms. The summed E-state index contributed by atoms with van der Waals surface area (Å²) in [7, 11) is 0. The molecule has 1 aromatic rings. The zero-order chi connectivity index (χ0) is 18.1. The number of aryl methyl sites for hydroxylation is 1. The molecule has 132 valence electrons. The van der Waals surface area contributed by atoms with Gasteiger partial charge in [0.05, 0.1) is 5.56 Å². The molecule has 1 aromatic carbocycles. The summed E-state index contributed by atoms with van der Waals surface area (Å²) in [4.78, 5) is 24.0. The van der Waals surface area contributed by atoms with Gasteiger partial charge in [0.25, 0.3) is 0 Å². The van der Waals surface area contributed by atoms with E-state index in [2.05, 4.69) is 0 Å². The normalized spacial score (nSPS) is 22.0. The van der Waals surface area contributed by atoms with E-state index in [0.29, 0.717) is 6.07 Å². The molecule has 1 aliphatic rings. The van der Waals surface area contributed by atoms with Crippen molar-refractivity contribution < 1.29 is 31.9 Å². The SMILES string of the molecule is CC(C)C1CC(=O)C(CCc2cc(F)cc(C(F)(F)F)c2)C(=O)O1. The number of rotatable bonds is 4. The van der Waals surface area contributed by atoms with Crippen molar-refractivity contribution in [3.63, 3.8) is 0 Å². The van der Waals surface area contributed by atoms with Crippen molar-refractivity contribution in [3.8, 4) is 0 Å². The second-order valence-electron chi connectivity index (χ2n) is 6.33. The predicted octanol–water partition coefficient (Wildman–Crippen LogP) is 3.93. The van der Waals surface area contributed by atoms with Crippen molar-refractivity contribution in [1.29, 1.82) is 0 Å². The molecule has 2 atom stereocenters. The second-order valence-corrected chi connectivity index (χ2v) is 6.33. The van der Waals surface area contributed by atoms with Crippen LogP contribution in [0.5, 0.6) is 0 Å². The average Bonchev–Trinajstić information content (AvgIpc) is 2.44. The third-order valence-corrected chi connectivity index (χ3v) is 4.09. The second kappa shape index (κ2) is 6.91. The van der Waals surface area contributed by atoms with E-state index in [0.717, 1.165) is 12.1 Å². The molecule has 0 bridgehead atoms. The van der Waals surface area contributed by atoms with Crippen LogP contribution < -0.4 is 0 Å². The molecule has 0 saturated carbocycles. The molecule has 0 N–H and O–H groups in total. The van der Waals surface area contributed by atoms with Gasteiger partial charge in [-0.3, -0.25) is 9.59 Å². The van der Waals surface area contributed by atoms with Crippen molar-refractivity contribution in [3.05, 3.63) is 35.1 Å². The molecule has 0 amide bonds. The highest BCUT2D eigenvalue weighted by atomic mass is 19.4. The third-order valence-electron chi connectivity index (χ3n) is 4.09. The number of cyclic esters (lactones) is 1. The van der Waals surface area contributed by atoms with Gasteiger partial charge in [-0.05, 0) is 42.5 Å². The Balaban J connectivity index is 2.07. The number of benzene rings is 1. The number of hydrogen-bond donors (Lipinski definition) is 0. The van der Waals surface area contributed by atoms with Crippen LogP contribution in [0.1, 0.15) is 37.8 Å². The molecule has 1 aliphatic heterocycles. The summed E-state index contributed by atoms with van der Waals surface area (Å²) in [5.74, 6) is -2.93. The monoisotopic (exact) mass is 346 g/mol. The minimum absolute atomic E-state index is 0.00321. The van der Waals surface area contributed by atoms with Crippen LogP contribution >= 0.6 is 0 Å². The summed E-state index contributed by atoms with van der Waals surface area (Å²) in [6.07, 6.45) is -5.03. The maximum Gasteiger partial charge on any atom is 0.416 e. The lowest BCUT2D eigenvalue weighted by Crippen LogP contribution is -2.40. The standard InChI is InChI=1S/C17H18F4O3/c1-9(2)15-8-14(22)13(16(23)24-15)4-3-10-5-11(17(19,20)21)7-12(18)6-10/h5-7,9,13,15H,3-4,8H2,1-2H3. The zero-order valence-corrected chi connectivity index (χ0v) is 13.3. The molecule has 2 rings (SSSR count). The zero-order valence-electron chi connectivity index (χ0n) is 13.3. The lowest BCUT2D eigenvalue weighted by Gasteiger charge is -2.29. The molecule has 0 spiro atoms. The predicted molar refractivity (Wildman–Crippen MR) is 77.6 cm³/mol. The van der Waals surface area contributed by atoms with Crippen molar-refractivity contribution in [2.45, 2.75) is 45.4 Å². The van der Waals surface area contributed by atoms with E-state index in [9.17, 15) is 27.2 Å². The molecule has 0 radical (unpaired) electrons. The summed E-state index contributed by atoms with van der Waals surface area (Å²) in [5, 5.41) is 0. The van der Waals surface area contributed by atoms with Crippen LogP contribution in [-0.4, -0.2) is 17.9 Å². The number of esters is 1. The number of Topliss-reactive ketones (excluding diaryl/α,β-unsaturated/α-hetero) is 1. The minimum Gasteiger partial charge on any atom is -0.461 e. The molecular weight excluding hydrogens is 328 g/mol. The topological polar surface area (TPSA) is 43.4 Å². The molecular formula is C17H18F4O3. The Bertz CT molecular complexity index is 619. The van der Waals surface area contributed by atoms with Crippen molar-refractivity contribution in [2.75, 3.05) is 0 Å². The smallest absolute Gasteiger partial charge is 0.416 e. The Morgan fingerprint density at radius 1 is 1.21 bits per heavy atom. The molecule has 1 saturated heterocycles. The highest BCUT2D eigenvalue weighted by molar-refractivity contribution is 6.01. The summed E-state index contributed by atoms with van der Waals surface area (Å²) in [6.45, 7) is 3.66. The fraction of sp³-hybridized carbons (Fsp3) is 0.529. The van der Waals surface area contributed by atoms with Gasteiger partial charge in [0.1, 0.15) is 17.8 Å². The van der Waals surface area contributed by atoms with Gasteiger partial charge in [-0.2, -0.15) is 13.2 Å². The molecule has 0 aromatic heterocycles. The fourth-order valence-corrected chi connectivity index (χ4v) is 2.67. The van der Waals surface area contributed by atoms with E-state index >= 15 is 0 Å². The van der Waals surface area contributed by atoms with E-state index in [4.69, 9.17) is 4.74 Å². The van der Waals surface area contributed by atoms with E-state index in [1.165, 1.54) is 0 Å². The number of halogens is 4. The van der Waals surface area contributed by atoms with Crippen molar-refractivity contribution in [1.82, 2.24) is 0 Å². The van der Waals surface area contributed by atoms with Gasteiger partial charge in [0.15, 0.2) is 5.78 Å². The third kappa shape index (κ3) is 4.33. The van der Waals surface area contributed by atoms with E-state index < -0.39 is 35.5 Å². The lowest BCUT2D eigenvalue weighted by molar-refractivity contribution is -0.167. The van der Waals surface area contributed by atoms with Crippen LogP contribution in [-0.2, 0) is 26.9 Å². The van der Waals surface area contributed by atoms with Gasteiger partial charge < -0.3 is 4.74 Å². The Morgan fingerprint density at radius 2 is 1.88 bits per heavy atom. The van der Waals surface area contributed by atoms with E-state index in [-0.39, 0.29) is 36.5 Å². The Hall–Kier alpha value is -1.92.